The van der Waals surface area contributed by atoms with Gasteiger partial charge in [-0.15, -0.1) is 11.3 Å². The Kier molecular flexibility index (Phi) is 6.10. The molecule has 6 nitrogen and oxygen atoms in total. The first-order valence-electron chi connectivity index (χ1n) is 10.1. The minimum absolute atomic E-state index is 0.0758. The molecule has 1 amide bonds. The molecule has 1 atom stereocenters. The average molecular weight is 450 g/mol. The lowest BCUT2D eigenvalue weighted by Crippen LogP contribution is -2.42. The van der Waals surface area contributed by atoms with Gasteiger partial charge < -0.3 is 10.2 Å². The number of benzene rings is 1. The van der Waals surface area contributed by atoms with Crippen LogP contribution in [0.4, 0.5) is 13.2 Å². The highest BCUT2D eigenvalue weighted by Crippen LogP contribution is 2.30. The summed E-state index contributed by atoms with van der Waals surface area (Å²) >= 11 is 1.35. The quantitative estimate of drug-likeness (QED) is 0.612. The largest absolute Gasteiger partial charge is 0.416 e. The molecule has 1 aliphatic rings. The van der Waals surface area contributed by atoms with Crippen molar-refractivity contribution < 1.29 is 18.0 Å². The number of nitrogens with zero attached hydrogens (tertiary/aromatic N) is 4. The van der Waals surface area contributed by atoms with E-state index in [9.17, 15) is 18.0 Å². The molecule has 0 unspecified atom stereocenters. The fourth-order valence-corrected chi connectivity index (χ4v) is 4.39. The van der Waals surface area contributed by atoms with Crippen LogP contribution in [-0.4, -0.2) is 51.2 Å². The first kappa shape index (κ1) is 21.5. The summed E-state index contributed by atoms with van der Waals surface area (Å²) in [6, 6.07) is 4.97. The highest BCUT2D eigenvalue weighted by molar-refractivity contribution is 7.13. The molecule has 0 radical (unpaired) electrons. The van der Waals surface area contributed by atoms with Gasteiger partial charge >= 0.3 is 6.18 Å². The number of nitrogens with one attached hydrogen (secondary N) is 1. The van der Waals surface area contributed by atoms with Gasteiger partial charge in [0.2, 0.25) is 0 Å². The van der Waals surface area contributed by atoms with Crippen LogP contribution in [0.1, 0.15) is 35.8 Å². The molecular formula is C21H22F3N5OS. The predicted molar refractivity (Wildman–Crippen MR) is 112 cm³/mol. The number of hydrogen-bond donors (Lipinski definition) is 1. The SMILES string of the molecule is CCCN(C(=O)c1csc(-c2cnn(-c3ccc(C(F)(F)F)cc3)c2)n1)[C@@H]1CCNC1. The predicted octanol–water partition coefficient (Wildman–Crippen LogP) is 4.23. The molecular weight excluding hydrogens is 427 g/mol. The van der Waals surface area contributed by atoms with Crippen LogP contribution in [0.15, 0.2) is 42.0 Å². The molecule has 4 rings (SSSR count). The Hall–Kier alpha value is -2.72. The van der Waals surface area contributed by atoms with Crippen LogP contribution in [-0.2, 0) is 6.18 Å². The second-order valence-corrected chi connectivity index (χ2v) is 8.26. The smallest absolute Gasteiger partial charge is 0.333 e. The Bertz CT molecular complexity index is 1040. The monoisotopic (exact) mass is 449 g/mol. The van der Waals surface area contributed by atoms with Crippen molar-refractivity contribution >= 4 is 17.2 Å². The maximum Gasteiger partial charge on any atom is 0.416 e. The zero-order valence-electron chi connectivity index (χ0n) is 16.9. The summed E-state index contributed by atoms with van der Waals surface area (Å²) in [4.78, 5) is 19.4. The van der Waals surface area contributed by atoms with Crippen molar-refractivity contribution in [3.05, 3.63) is 53.3 Å². The molecule has 10 heteroatoms. The summed E-state index contributed by atoms with van der Waals surface area (Å²) in [5.74, 6) is -0.0758. The second kappa shape index (κ2) is 8.80. The Morgan fingerprint density at radius 3 is 2.74 bits per heavy atom. The Balaban J connectivity index is 1.52. The lowest BCUT2D eigenvalue weighted by Gasteiger charge is -2.27. The molecule has 1 aromatic carbocycles. The van der Waals surface area contributed by atoms with Crippen molar-refractivity contribution in [1.82, 2.24) is 25.0 Å². The van der Waals surface area contributed by atoms with Crippen LogP contribution >= 0.6 is 11.3 Å². The van der Waals surface area contributed by atoms with Crippen molar-refractivity contribution in [2.45, 2.75) is 32.0 Å². The molecule has 0 spiro atoms. The van der Waals surface area contributed by atoms with E-state index in [1.807, 2.05) is 11.8 Å². The number of hydrogen-bond acceptors (Lipinski definition) is 5. The van der Waals surface area contributed by atoms with Crippen LogP contribution in [0.25, 0.3) is 16.3 Å². The molecule has 3 heterocycles. The molecule has 2 aromatic heterocycles. The average Bonchev–Trinajstić information content (AvgIpc) is 3.52. The maximum atomic E-state index is 13.0. The van der Waals surface area contributed by atoms with Gasteiger partial charge in [0.1, 0.15) is 10.7 Å². The van der Waals surface area contributed by atoms with Gasteiger partial charge in [-0.3, -0.25) is 4.79 Å². The topological polar surface area (TPSA) is 63.1 Å². The van der Waals surface area contributed by atoms with E-state index in [-0.39, 0.29) is 11.9 Å². The molecule has 0 aliphatic carbocycles. The fourth-order valence-electron chi connectivity index (χ4n) is 3.63. The number of halogens is 3. The third-order valence-electron chi connectivity index (χ3n) is 5.21. The molecule has 1 saturated heterocycles. The van der Waals surface area contributed by atoms with E-state index < -0.39 is 11.7 Å². The number of alkyl halides is 3. The van der Waals surface area contributed by atoms with Gasteiger partial charge in [-0.25, -0.2) is 9.67 Å². The van der Waals surface area contributed by atoms with Crippen molar-refractivity contribution in [2.24, 2.45) is 0 Å². The van der Waals surface area contributed by atoms with Gasteiger partial charge in [0.15, 0.2) is 0 Å². The van der Waals surface area contributed by atoms with Crippen LogP contribution in [0.5, 0.6) is 0 Å². The van der Waals surface area contributed by atoms with Gasteiger partial charge in [-0.1, -0.05) is 6.92 Å². The van der Waals surface area contributed by atoms with Crippen molar-refractivity contribution in [3.8, 4) is 16.3 Å². The lowest BCUT2D eigenvalue weighted by molar-refractivity contribution is -0.137. The Morgan fingerprint density at radius 2 is 2.10 bits per heavy atom. The van der Waals surface area contributed by atoms with E-state index in [1.54, 1.807) is 17.8 Å². The Labute approximate surface area is 181 Å². The standard InChI is InChI=1S/C21H22F3N5OS/c1-2-9-28(17-7-8-25-11-17)20(30)18-13-31-19(27-18)14-10-26-29(12-14)16-5-3-15(4-6-16)21(22,23)24/h3-6,10,12-13,17,25H,2,7-9,11H2,1H3/t17-/m1/s1. The van der Waals surface area contributed by atoms with E-state index in [0.29, 0.717) is 28.5 Å². The van der Waals surface area contributed by atoms with Crippen molar-refractivity contribution in [2.75, 3.05) is 19.6 Å². The summed E-state index contributed by atoms with van der Waals surface area (Å²) in [7, 11) is 0. The van der Waals surface area contributed by atoms with Crippen molar-refractivity contribution in [3.63, 3.8) is 0 Å². The van der Waals surface area contributed by atoms with E-state index in [0.717, 1.165) is 38.1 Å². The summed E-state index contributed by atoms with van der Waals surface area (Å²) in [6.45, 7) is 4.43. The summed E-state index contributed by atoms with van der Waals surface area (Å²) in [6.07, 6.45) is 0.718. The van der Waals surface area contributed by atoms with Gasteiger partial charge in [0, 0.05) is 36.3 Å². The minimum Gasteiger partial charge on any atom is -0.333 e. The zero-order chi connectivity index (χ0) is 22.0. The molecule has 3 aromatic rings. The normalized spacial score (nSPS) is 16.6. The number of thiazole rings is 1. The number of aromatic nitrogens is 3. The molecule has 1 N–H and O–H groups in total. The van der Waals surface area contributed by atoms with Gasteiger partial charge in [-0.05, 0) is 43.7 Å². The summed E-state index contributed by atoms with van der Waals surface area (Å²) < 4.78 is 39.8. The molecule has 1 aliphatic heterocycles. The molecule has 0 saturated carbocycles. The van der Waals surface area contributed by atoms with E-state index >= 15 is 0 Å². The first-order valence-corrected chi connectivity index (χ1v) is 10.9. The number of carbonyl (C=O) groups excluding carboxylic acids is 1. The number of amides is 1. The van der Waals surface area contributed by atoms with Gasteiger partial charge in [0.05, 0.1) is 17.4 Å². The lowest BCUT2D eigenvalue weighted by atomic mass is 10.2. The second-order valence-electron chi connectivity index (χ2n) is 7.40. The minimum atomic E-state index is -4.38. The Morgan fingerprint density at radius 1 is 1.32 bits per heavy atom. The van der Waals surface area contributed by atoms with Crippen LogP contribution in [0, 0.1) is 0 Å². The van der Waals surface area contributed by atoms with Crippen molar-refractivity contribution in [1.29, 1.82) is 0 Å². The molecule has 31 heavy (non-hydrogen) atoms. The molecule has 0 bridgehead atoms. The molecule has 1 fully saturated rings. The van der Waals surface area contributed by atoms with Crippen LogP contribution < -0.4 is 5.32 Å². The maximum absolute atomic E-state index is 13.0. The van der Waals surface area contributed by atoms with Crippen LogP contribution in [0.2, 0.25) is 0 Å². The summed E-state index contributed by atoms with van der Waals surface area (Å²) in [5.41, 5.74) is 0.909. The first-order chi connectivity index (χ1) is 14.9. The highest BCUT2D eigenvalue weighted by atomic mass is 32.1. The fraction of sp³-hybridized carbons (Fsp3) is 0.381. The highest BCUT2D eigenvalue weighted by Gasteiger charge is 2.30. The number of carbonyl (C=O) groups is 1. The van der Waals surface area contributed by atoms with Gasteiger partial charge in [0.25, 0.3) is 5.91 Å². The number of rotatable bonds is 6. The van der Waals surface area contributed by atoms with Gasteiger partial charge in [-0.2, -0.15) is 18.3 Å². The van der Waals surface area contributed by atoms with Crippen LogP contribution in [0.3, 0.4) is 0 Å². The van der Waals surface area contributed by atoms with E-state index in [4.69, 9.17) is 0 Å². The van der Waals surface area contributed by atoms with E-state index in [1.165, 1.54) is 28.2 Å². The summed E-state index contributed by atoms with van der Waals surface area (Å²) in [5, 5.41) is 9.92. The third-order valence-corrected chi connectivity index (χ3v) is 6.10. The molecule has 164 valence electrons. The van der Waals surface area contributed by atoms with E-state index in [2.05, 4.69) is 15.4 Å². The third kappa shape index (κ3) is 4.64. The zero-order valence-corrected chi connectivity index (χ0v) is 17.7.